The van der Waals surface area contributed by atoms with Crippen LogP contribution in [0.3, 0.4) is 0 Å². The Morgan fingerprint density at radius 2 is 2.18 bits per heavy atom. The predicted molar refractivity (Wildman–Crippen MR) is 83.9 cm³/mol. The number of hydrogen-bond donors (Lipinski definition) is 0. The molecule has 0 unspecified atom stereocenters. The molecule has 1 aromatic carbocycles. The van der Waals surface area contributed by atoms with Crippen LogP contribution in [-0.2, 0) is 11.8 Å². The lowest BCUT2D eigenvalue weighted by atomic mass is 10.1. The summed E-state index contributed by atoms with van der Waals surface area (Å²) < 4.78 is 1.66. The maximum atomic E-state index is 12.4. The third kappa shape index (κ3) is 2.51. The molecule has 1 saturated heterocycles. The number of carbonyl (C=O) groups is 1. The van der Waals surface area contributed by atoms with Gasteiger partial charge in [0.2, 0.25) is 5.91 Å². The van der Waals surface area contributed by atoms with Gasteiger partial charge in [0, 0.05) is 26.3 Å². The first-order valence-electron chi connectivity index (χ1n) is 6.82. The number of anilines is 2. The van der Waals surface area contributed by atoms with Gasteiger partial charge < -0.3 is 9.80 Å². The number of carbonyl (C=O) groups excluding carboxylic acids is 1. The maximum Gasteiger partial charge on any atom is 0.246 e. The number of nitrogens with zero attached hydrogens (tertiary/aromatic N) is 5. The zero-order chi connectivity index (χ0) is 15.7. The first-order chi connectivity index (χ1) is 10.6. The SMILES string of the molecule is Cn1cc(N2CCN(c3c(Cl)cccc3C#N)CC2=O)cn1. The fourth-order valence-corrected chi connectivity index (χ4v) is 2.91. The van der Waals surface area contributed by atoms with E-state index in [9.17, 15) is 10.1 Å². The van der Waals surface area contributed by atoms with Crippen molar-refractivity contribution in [3.63, 3.8) is 0 Å². The molecular weight excluding hydrogens is 302 g/mol. The molecule has 112 valence electrons. The van der Waals surface area contributed by atoms with E-state index in [1.807, 2.05) is 18.1 Å². The van der Waals surface area contributed by atoms with Crippen molar-refractivity contribution < 1.29 is 4.79 Å². The summed E-state index contributed by atoms with van der Waals surface area (Å²) in [6, 6.07) is 7.30. The maximum absolute atomic E-state index is 12.4. The van der Waals surface area contributed by atoms with Gasteiger partial charge in [0.1, 0.15) is 6.07 Å². The van der Waals surface area contributed by atoms with Gasteiger partial charge in [-0.1, -0.05) is 17.7 Å². The molecule has 0 N–H and O–H groups in total. The lowest BCUT2D eigenvalue weighted by Crippen LogP contribution is -2.50. The van der Waals surface area contributed by atoms with Crippen LogP contribution in [0.15, 0.2) is 30.6 Å². The van der Waals surface area contributed by atoms with E-state index in [-0.39, 0.29) is 12.5 Å². The summed E-state index contributed by atoms with van der Waals surface area (Å²) in [5.74, 6) is -0.0388. The van der Waals surface area contributed by atoms with Crippen molar-refractivity contribution in [1.29, 1.82) is 5.26 Å². The zero-order valence-electron chi connectivity index (χ0n) is 12.0. The van der Waals surface area contributed by atoms with Gasteiger partial charge in [-0.05, 0) is 12.1 Å². The Balaban J connectivity index is 1.84. The number of hydrogen-bond acceptors (Lipinski definition) is 4. The third-order valence-corrected chi connectivity index (χ3v) is 3.95. The van der Waals surface area contributed by atoms with E-state index in [1.165, 1.54) is 0 Å². The van der Waals surface area contributed by atoms with E-state index in [2.05, 4.69) is 11.2 Å². The smallest absolute Gasteiger partial charge is 0.246 e. The molecule has 0 bridgehead atoms. The molecule has 1 amide bonds. The van der Waals surface area contributed by atoms with Gasteiger partial charge in [0.15, 0.2) is 0 Å². The number of piperazine rings is 1. The fraction of sp³-hybridized carbons (Fsp3) is 0.267. The molecule has 0 radical (unpaired) electrons. The van der Waals surface area contributed by atoms with Crippen LogP contribution in [0.2, 0.25) is 5.02 Å². The zero-order valence-corrected chi connectivity index (χ0v) is 12.8. The van der Waals surface area contributed by atoms with E-state index >= 15 is 0 Å². The van der Waals surface area contributed by atoms with Gasteiger partial charge in [-0.25, -0.2) is 0 Å². The van der Waals surface area contributed by atoms with Crippen LogP contribution in [0.4, 0.5) is 11.4 Å². The highest BCUT2D eigenvalue weighted by atomic mass is 35.5. The number of rotatable bonds is 2. The second kappa shape index (κ2) is 5.70. The summed E-state index contributed by atoms with van der Waals surface area (Å²) >= 11 is 6.21. The average molecular weight is 316 g/mol. The van der Waals surface area contributed by atoms with Crippen LogP contribution in [-0.4, -0.2) is 35.3 Å². The van der Waals surface area contributed by atoms with Gasteiger partial charge >= 0.3 is 0 Å². The highest BCUT2D eigenvalue weighted by Crippen LogP contribution is 2.31. The van der Waals surface area contributed by atoms with Crippen molar-refractivity contribution in [3.8, 4) is 6.07 Å². The molecule has 1 aliphatic rings. The molecule has 0 atom stereocenters. The van der Waals surface area contributed by atoms with Crippen LogP contribution in [0.25, 0.3) is 0 Å². The molecule has 1 aromatic heterocycles. The summed E-state index contributed by atoms with van der Waals surface area (Å²) in [5.41, 5.74) is 1.90. The minimum atomic E-state index is -0.0388. The van der Waals surface area contributed by atoms with Crippen molar-refractivity contribution in [2.45, 2.75) is 0 Å². The van der Waals surface area contributed by atoms with Gasteiger partial charge in [-0.3, -0.25) is 9.48 Å². The van der Waals surface area contributed by atoms with Crippen LogP contribution >= 0.6 is 11.6 Å². The highest BCUT2D eigenvalue weighted by Gasteiger charge is 2.28. The van der Waals surface area contributed by atoms with E-state index in [0.29, 0.717) is 29.4 Å². The minimum absolute atomic E-state index is 0.0388. The molecule has 1 aliphatic heterocycles. The second-order valence-electron chi connectivity index (χ2n) is 5.09. The molecule has 6 nitrogen and oxygen atoms in total. The largest absolute Gasteiger partial charge is 0.358 e. The summed E-state index contributed by atoms with van der Waals surface area (Å²) in [4.78, 5) is 16.0. The van der Waals surface area contributed by atoms with E-state index in [0.717, 1.165) is 5.69 Å². The monoisotopic (exact) mass is 315 g/mol. The average Bonchev–Trinajstić information content (AvgIpc) is 2.93. The number of halogens is 1. The topological polar surface area (TPSA) is 65.2 Å². The number of nitriles is 1. The lowest BCUT2D eigenvalue weighted by Gasteiger charge is -2.35. The number of aryl methyl sites for hydroxylation is 1. The number of amides is 1. The van der Waals surface area contributed by atoms with E-state index < -0.39 is 0 Å². The molecule has 2 aromatic rings. The predicted octanol–water partition coefficient (Wildman–Crippen LogP) is 1.80. The van der Waals surface area contributed by atoms with Crippen LogP contribution in [0, 0.1) is 11.3 Å². The van der Waals surface area contributed by atoms with Crippen LogP contribution in [0.1, 0.15) is 5.56 Å². The van der Waals surface area contributed by atoms with Crippen LogP contribution < -0.4 is 9.80 Å². The summed E-state index contributed by atoms with van der Waals surface area (Å²) in [6.45, 7) is 1.33. The Hall–Kier alpha value is -2.52. The normalized spacial score (nSPS) is 15.0. The van der Waals surface area contributed by atoms with E-state index in [4.69, 9.17) is 11.6 Å². The molecule has 0 spiro atoms. The van der Waals surface area contributed by atoms with Gasteiger partial charge in [0.05, 0.1) is 34.7 Å². The van der Waals surface area contributed by atoms with Crippen molar-refractivity contribution >= 4 is 28.9 Å². The Morgan fingerprint density at radius 1 is 1.36 bits per heavy atom. The van der Waals surface area contributed by atoms with Crippen molar-refractivity contribution in [1.82, 2.24) is 9.78 Å². The van der Waals surface area contributed by atoms with Gasteiger partial charge in [0.25, 0.3) is 0 Å². The molecule has 3 rings (SSSR count). The van der Waals surface area contributed by atoms with Gasteiger partial charge in [-0.15, -0.1) is 0 Å². The Labute approximate surface area is 133 Å². The molecule has 7 heteroatoms. The summed E-state index contributed by atoms with van der Waals surface area (Å²) in [6.07, 6.45) is 3.48. The first kappa shape index (κ1) is 14.4. The fourth-order valence-electron chi connectivity index (χ4n) is 2.61. The van der Waals surface area contributed by atoms with Crippen molar-refractivity contribution in [2.75, 3.05) is 29.4 Å². The quantitative estimate of drug-likeness (QED) is 0.847. The molecule has 22 heavy (non-hydrogen) atoms. The second-order valence-corrected chi connectivity index (χ2v) is 5.49. The standard InChI is InChI=1S/C15H14ClN5O/c1-19-9-12(8-18-19)21-6-5-20(10-14(21)22)15-11(7-17)3-2-4-13(15)16/h2-4,8-9H,5-6,10H2,1H3. The first-order valence-corrected chi connectivity index (χ1v) is 7.20. The van der Waals surface area contributed by atoms with Crippen molar-refractivity contribution in [3.05, 3.63) is 41.2 Å². The number of benzene rings is 1. The number of para-hydroxylation sites is 1. The molecule has 0 saturated carbocycles. The number of aromatic nitrogens is 2. The van der Waals surface area contributed by atoms with Crippen LogP contribution in [0.5, 0.6) is 0 Å². The highest BCUT2D eigenvalue weighted by molar-refractivity contribution is 6.33. The Morgan fingerprint density at radius 3 is 2.82 bits per heavy atom. The summed E-state index contributed by atoms with van der Waals surface area (Å²) in [5, 5.41) is 13.8. The van der Waals surface area contributed by atoms with E-state index in [1.54, 1.807) is 34.0 Å². The Kier molecular flexibility index (Phi) is 3.73. The summed E-state index contributed by atoms with van der Waals surface area (Å²) in [7, 11) is 1.81. The lowest BCUT2D eigenvalue weighted by molar-refractivity contribution is -0.117. The van der Waals surface area contributed by atoms with Gasteiger partial charge in [-0.2, -0.15) is 10.4 Å². The molecule has 0 aliphatic carbocycles. The third-order valence-electron chi connectivity index (χ3n) is 3.65. The minimum Gasteiger partial charge on any atom is -0.358 e. The molecule has 1 fully saturated rings. The van der Waals surface area contributed by atoms with Crippen molar-refractivity contribution in [2.24, 2.45) is 7.05 Å². The Bertz CT molecular complexity index is 764. The molecule has 2 heterocycles. The molecular formula is C15H14ClN5O.